The van der Waals surface area contributed by atoms with Gasteiger partial charge in [0.05, 0.1) is 10.6 Å². The molecule has 0 atom stereocenters. The first-order valence-electron chi connectivity index (χ1n) is 6.25. The maximum absolute atomic E-state index is 11.3. The first kappa shape index (κ1) is 17.8. The van der Waals surface area contributed by atoms with Gasteiger partial charge >= 0.3 is 0 Å². The van der Waals surface area contributed by atoms with Gasteiger partial charge in [0.1, 0.15) is 11.4 Å². The molecular weight excluding hydrogens is 308 g/mol. The molecular formula is C13H14N4O6. The molecule has 1 amide bonds. The average molecular weight is 322 g/mol. The number of non-ortho nitro benzene ring substituents is 1. The van der Waals surface area contributed by atoms with Crippen LogP contribution in [-0.4, -0.2) is 26.8 Å². The van der Waals surface area contributed by atoms with Gasteiger partial charge in [0.2, 0.25) is 5.91 Å². The number of hydrogen-bond acceptors (Lipinski definition) is 8. The second-order valence-corrected chi connectivity index (χ2v) is 4.49. The monoisotopic (exact) mass is 322 g/mol. The molecule has 0 aliphatic carbocycles. The minimum atomic E-state index is -0.747. The predicted octanol–water partition coefficient (Wildman–Crippen LogP) is 2.72. The topological polar surface area (TPSA) is 154 Å². The zero-order valence-corrected chi connectivity index (χ0v) is 12.5. The molecule has 0 radical (unpaired) electrons. The quantitative estimate of drug-likeness (QED) is 0.189. The van der Waals surface area contributed by atoms with Crippen LogP contribution in [-0.2, 0) is 9.59 Å². The van der Waals surface area contributed by atoms with E-state index in [4.69, 9.17) is 0 Å². The number of azo groups is 1. The Morgan fingerprint density at radius 1 is 1.26 bits per heavy atom. The number of carbonyl (C=O) groups is 2. The van der Waals surface area contributed by atoms with Gasteiger partial charge in [0.25, 0.3) is 5.69 Å². The number of nitrogens with zero attached hydrogens (tertiary/aromatic N) is 3. The molecule has 3 N–H and O–H groups in total. The highest BCUT2D eigenvalue weighted by atomic mass is 16.6. The molecule has 0 unspecified atom stereocenters. The molecule has 1 aromatic carbocycles. The summed E-state index contributed by atoms with van der Waals surface area (Å²) in [7, 11) is 0. The van der Waals surface area contributed by atoms with E-state index < -0.39 is 33.8 Å². The summed E-state index contributed by atoms with van der Waals surface area (Å²) in [5, 5.41) is 39.4. The van der Waals surface area contributed by atoms with Crippen LogP contribution >= 0.6 is 0 Å². The van der Waals surface area contributed by atoms with Crippen molar-refractivity contribution in [3.63, 3.8) is 0 Å². The van der Waals surface area contributed by atoms with Crippen molar-refractivity contribution in [2.45, 2.75) is 20.8 Å². The molecule has 0 saturated carbocycles. The van der Waals surface area contributed by atoms with Gasteiger partial charge in [-0.2, -0.15) is 0 Å². The van der Waals surface area contributed by atoms with E-state index in [1.807, 2.05) is 0 Å². The van der Waals surface area contributed by atoms with Crippen LogP contribution in [0.5, 0.6) is 5.75 Å². The lowest BCUT2D eigenvalue weighted by molar-refractivity contribution is -0.384. The molecule has 10 nitrogen and oxygen atoms in total. The number of aromatic hydroxyl groups is 1. The number of hydrogen-bond donors (Lipinski definition) is 3. The molecule has 10 heteroatoms. The van der Waals surface area contributed by atoms with E-state index in [2.05, 4.69) is 15.5 Å². The number of aliphatic hydroxyl groups is 1. The highest BCUT2D eigenvalue weighted by Crippen LogP contribution is 2.39. The molecule has 122 valence electrons. The number of anilines is 1. The number of benzene rings is 1. The molecule has 0 aromatic heterocycles. The van der Waals surface area contributed by atoms with Crippen molar-refractivity contribution in [1.29, 1.82) is 0 Å². The van der Waals surface area contributed by atoms with Crippen molar-refractivity contribution >= 4 is 28.8 Å². The molecule has 23 heavy (non-hydrogen) atoms. The predicted molar refractivity (Wildman–Crippen MR) is 79.6 cm³/mol. The number of rotatable bonds is 5. The van der Waals surface area contributed by atoms with Crippen LogP contribution in [0.1, 0.15) is 20.8 Å². The minimum absolute atomic E-state index is 0.227. The van der Waals surface area contributed by atoms with Crippen molar-refractivity contribution in [3.8, 4) is 5.75 Å². The van der Waals surface area contributed by atoms with E-state index in [0.717, 1.165) is 26.0 Å². The molecule has 0 spiro atoms. The van der Waals surface area contributed by atoms with Gasteiger partial charge in [-0.15, -0.1) is 10.2 Å². The summed E-state index contributed by atoms with van der Waals surface area (Å²) in [4.78, 5) is 32.5. The van der Waals surface area contributed by atoms with Crippen LogP contribution in [0.3, 0.4) is 0 Å². The highest BCUT2D eigenvalue weighted by molar-refractivity contribution is 5.93. The lowest BCUT2D eigenvalue weighted by Crippen LogP contribution is -2.06. The largest absolute Gasteiger partial charge is 0.510 e. The van der Waals surface area contributed by atoms with Crippen LogP contribution in [0.25, 0.3) is 0 Å². The number of Topliss-reactive ketones (excluding diaryl/α,β-unsaturated/α-hetero) is 1. The Morgan fingerprint density at radius 2 is 1.87 bits per heavy atom. The third-order valence-corrected chi connectivity index (χ3v) is 2.53. The number of nitro benzene ring substituents is 1. The van der Waals surface area contributed by atoms with Crippen molar-refractivity contribution in [1.82, 2.24) is 0 Å². The van der Waals surface area contributed by atoms with Gasteiger partial charge in [-0.3, -0.25) is 19.7 Å². The second kappa shape index (κ2) is 7.11. The number of allylic oxidation sites excluding steroid dienone is 2. The maximum Gasteiger partial charge on any atom is 0.274 e. The summed E-state index contributed by atoms with van der Waals surface area (Å²) >= 11 is 0. The van der Waals surface area contributed by atoms with Crippen molar-refractivity contribution in [2.24, 2.45) is 10.2 Å². The Hall–Kier alpha value is -3.30. The van der Waals surface area contributed by atoms with Crippen molar-refractivity contribution < 1.29 is 24.7 Å². The van der Waals surface area contributed by atoms with Gasteiger partial charge in [-0.1, -0.05) is 0 Å². The fourth-order valence-corrected chi connectivity index (χ4v) is 1.57. The van der Waals surface area contributed by atoms with Crippen LogP contribution in [0, 0.1) is 10.1 Å². The van der Waals surface area contributed by atoms with Crippen LogP contribution < -0.4 is 5.32 Å². The van der Waals surface area contributed by atoms with Gasteiger partial charge in [0.15, 0.2) is 17.2 Å². The second-order valence-electron chi connectivity index (χ2n) is 4.49. The van der Waals surface area contributed by atoms with Gasteiger partial charge in [0, 0.05) is 26.0 Å². The summed E-state index contributed by atoms with van der Waals surface area (Å²) in [5.74, 6) is -2.10. The Kier molecular flexibility index (Phi) is 5.49. The smallest absolute Gasteiger partial charge is 0.274 e. The molecule has 1 rings (SSSR count). The zero-order chi connectivity index (χ0) is 17.7. The van der Waals surface area contributed by atoms with E-state index in [0.29, 0.717) is 0 Å². The van der Waals surface area contributed by atoms with Gasteiger partial charge < -0.3 is 15.5 Å². The maximum atomic E-state index is 11.3. The third-order valence-electron chi connectivity index (χ3n) is 2.53. The zero-order valence-electron chi connectivity index (χ0n) is 12.5. The summed E-state index contributed by atoms with van der Waals surface area (Å²) in [6.07, 6.45) is 0. The first-order chi connectivity index (χ1) is 10.6. The molecule has 0 fully saturated rings. The van der Waals surface area contributed by atoms with Gasteiger partial charge in [-0.05, 0) is 6.92 Å². The fraction of sp³-hybridized carbons (Fsp3) is 0.231. The third kappa shape index (κ3) is 4.59. The SMILES string of the molecule is CC(=O)Nc1cc([N+](=O)[O-])cc(N=N/C(C(C)=O)=C(\C)O)c1O. The summed E-state index contributed by atoms with van der Waals surface area (Å²) in [5.41, 5.74) is -1.38. The van der Waals surface area contributed by atoms with E-state index in [9.17, 15) is 29.9 Å². The Bertz CT molecular complexity index is 734. The minimum Gasteiger partial charge on any atom is -0.510 e. The van der Waals surface area contributed by atoms with Crippen LogP contribution in [0.15, 0.2) is 33.8 Å². The van der Waals surface area contributed by atoms with E-state index in [-0.39, 0.29) is 17.1 Å². The van der Waals surface area contributed by atoms with Gasteiger partial charge in [-0.25, -0.2) is 0 Å². The lowest BCUT2D eigenvalue weighted by Gasteiger charge is -2.07. The first-order valence-corrected chi connectivity index (χ1v) is 6.25. The number of phenolic OH excluding ortho intramolecular Hbond substituents is 1. The number of amides is 1. The summed E-state index contributed by atoms with van der Waals surface area (Å²) in [6, 6.07) is 1.86. The Labute approximate surface area is 130 Å². The van der Waals surface area contributed by atoms with Crippen LogP contribution in [0.2, 0.25) is 0 Å². The molecule has 1 aromatic rings. The highest BCUT2D eigenvalue weighted by Gasteiger charge is 2.17. The number of ketones is 1. The van der Waals surface area contributed by atoms with E-state index >= 15 is 0 Å². The molecule has 0 aliphatic rings. The number of aliphatic hydroxyl groups excluding tert-OH is 1. The molecule has 0 aliphatic heterocycles. The molecule has 0 bridgehead atoms. The summed E-state index contributed by atoms with van der Waals surface area (Å²) in [6.45, 7) is 3.51. The molecule has 0 saturated heterocycles. The number of nitrogens with one attached hydrogen (secondary N) is 1. The summed E-state index contributed by atoms with van der Waals surface area (Å²) < 4.78 is 0. The average Bonchev–Trinajstić information content (AvgIpc) is 2.41. The lowest BCUT2D eigenvalue weighted by atomic mass is 10.2. The van der Waals surface area contributed by atoms with Crippen LogP contribution in [0.4, 0.5) is 17.1 Å². The normalized spacial score (nSPS) is 12.0. The number of nitro groups is 1. The number of carbonyl (C=O) groups excluding carboxylic acids is 2. The van der Waals surface area contributed by atoms with Crippen molar-refractivity contribution in [2.75, 3.05) is 5.32 Å². The van der Waals surface area contributed by atoms with E-state index in [1.54, 1.807) is 0 Å². The standard InChI is InChI=1S/C13H14N4O6/c1-6(18)12(7(2)19)16-15-11-5-9(17(22)23)4-10(13(11)21)14-8(3)20/h4-5,18,21H,1-3H3,(H,14,20)/b12-6+,16-15?. The van der Waals surface area contributed by atoms with E-state index in [1.165, 1.54) is 6.92 Å². The van der Waals surface area contributed by atoms with Crippen molar-refractivity contribution in [3.05, 3.63) is 33.7 Å². The Morgan fingerprint density at radius 3 is 2.30 bits per heavy atom. The Balaban J connectivity index is 3.43. The number of phenols is 1. The molecule has 0 heterocycles. The fourth-order valence-electron chi connectivity index (χ4n) is 1.57.